The highest BCUT2D eigenvalue weighted by molar-refractivity contribution is 5.74. The quantitative estimate of drug-likeness (QED) is 0.211. The molecule has 0 aliphatic carbocycles. The van der Waals surface area contributed by atoms with E-state index in [9.17, 15) is 19.2 Å². The van der Waals surface area contributed by atoms with Crippen molar-refractivity contribution in [3.8, 4) is 0 Å². The van der Waals surface area contributed by atoms with Crippen molar-refractivity contribution in [1.82, 2.24) is 0 Å². The van der Waals surface area contributed by atoms with E-state index < -0.39 is 23.7 Å². The third-order valence-corrected chi connectivity index (χ3v) is 13.0. The molecule has 0 amide bonds. The van der Waals surface area contributed by atoms with Gasteiger partial charge >= 0.3 is 23.9 Å². The maximum Gasteiger partial charge on any atom is 0.311 e. The number of hydrogen-bond acceptors (Lipinski definition) is 12. The first-order chi connectivity index (χ1) is 26.3. The van der Waals surface area contributed by atoms with Crippen LogP contribution in [0.4, 0.5) is 0 Å². The van der Waals surface area contributed by atoms with E-state index in [1.54, 1.807) is 0 Å². The van der Waals surface area contributed by atoms with Gasteiger partial charge in [-0.15, -0.1) is 0 Å². The summed E-state index contributed by atoms with van der Waals surface area (Å²) in [6.07, 6.45) is 7.47. The molecule has 5 saturated heterocycles. The van der Waals surface area contributed by atoms with Gasteiger partial charge in [0.25, 0.3) is 0 Å². The van der Waals surface area contributed by atoms with Gasteiger partial charge in [-0.05, 0) is 105 Å². The van der Waals surface area contributed by atoms with Gasteiger partial charge in [0.05, 0.1) is 72.5 Å². The fraction of sp³-hybridized carbons (Fsp3) is 0.907. The van der Waals surface area contributed by atoms with Crippen LogP contribution in [0.25, 0.3) is 0 Å². The summed E-state index contributed by atoms with van der Waals surface area (Å²) in [6.45, 7) is 15.3. The lowest BCUT2D eigenvalue weighted by molar-refractivity contribution is -0.162. The van der Waals surface area contributed by atoms with Crippen molar-refractivity contribution in [3.63, 3.8) is 0 Å². The molecule has 8 bridgehead atoms. The monoisotopic (exact) mass is 778 g/mol. The average Bonchev–Trinajstić information content (AvgIpc) is 4.01. The Morgan fingerprint density at radius 2 is 0.636 bits per heavy atom. The summed E-state index contributed by atoms with van der Waals surface area (Å²) in [6, 6.07) is 0. The Bertz CT molecular complexity index is 1270. The summed E-state index contributed by atoms with van der Waals surface area (Å²) in [5, 5.41) is 0. The van der Waals surface area contributed by atoms with Crippen molar-refractivity contribution >= 4 is 23.9 Å². The molecule has 5 heterocycles. The van der Waals surface area contributed by atoms with Crippen molar-refractivity contribution < 1.29 is 57.1 Å². The van der Waals surface area contributed by atoms with Gasteiger partial charge in [-0.25, -0.2) is 0 Å². The van der Waals surface area contributed by atoms with E-state index in [1.165, 1.54) is 0 Å². The van der Waals surface area contributed by atoms with Crippen LogP contribution in [-0.4, -0.2) is 97.1 Å². The van der Waals surface area contributed by atoms with Gasteiger partial charge in [0.1, 0.15) is 24.4 Å². The Hall–Kier alpha value is -2.28. The molecule has 0 radical (unpaired) electrons. The van der Waals surface area contributed by atoms with E-state index in [-0.39, 0.29) is 97.1 Å². The highest BCUT2D eigenvalue weighted by Crippen LogP contribution is 2.35. The van der Waals surface area contributed by atoms with Gasteiger partial charge in [-0.3, -0.25) is 19.2 Å². The van der Waals surface area contributed by atoms with Crippen LogP contribution in [0, 0.1) is 23.7 Å². The summed E-state index contributed by atoms with van der Waals surface area (Å²) in [5.41, 5.74) is 0. The molecule has 16 atom stereocenters. The molecule has 0 N–H and O–H groups in total. The fourth-order valence-corrected chi connectivity index (χ4v) is 9.02. The first-order valence-electron chi connectivity index (χ1n) is 21.7. The maximum absolute atomic E-state index is 13.4. The first-order valence-corrected chi connectivity index (χ1v) is 21.7. The second kappa shape index (κ2) is 20.4. The van der Waals surface area contributed by atoms with Crippen LogP contribution in [0.1, 0.15) is 152 Å². The van der Waals surface area contributed by atoms with Crippen LogP contribution in [0.5, 0.6) is 0 Å². The van der Waals surface area contributed by atoms with Crippen LogP contribution in [-0.2, 0) is 57.1 Å². The van der Waals surface area contributed by atoms with Crippen molar-refractivity contribution in [3.05, 3.63) is 0 Å². The molecule has 5 rings (SSSR count). The molecule has 5 aliphatic rings. The number of ether oxygens (including phenoxy) is 8. The SMILES string of the molecule is CC[C@H]1C[C@H]2CC[C@H](O2)[C@H](C)C(=O)O[C@H](C)C[C@@H]2CC[C@@H](O2)[C@H](C)C(=O)O[C@@H](CC)C[C@H]2CC[C@H](O2)[C@@H](C)C(=O)O[C@H](CC)C[C@@H]2CC[C@@H](O2)[C@H](C)C(=O)O1. The summed E-state index contributed by atoms with van der Waals surface area (Å²) in [4.78, 5) is 53.2. The molecule has 12 nitrogen and oxygen atoms in total. The van der Waals surface area contributed by atoms with Crippen LogP contribution in [0.3, 0.4) is 0 Å². The third kappa shape index (κ3) is 11.9. The standard InChI is InChI=1S/C43H70O12/c1-9-29-21-33-13-17-36(50-33)25(5)40(44)48-24(4)20-32-12-16-37(49-32)26(6)41(45)53-30(10-2)22-34-14-18-39(51-34)28(8)43(47)55-31(11-3)23-35-15-19-38(52-35)27(7)42(46)54-29/h24-39H,9-23H2,1-8H3/t24-,25+,26+,27+,28-,29+,30+,31-,32+,33-,34-,35+,36+,37-,38-,39+/m1/s1. The molecule has 0 unspecified atom stereocenters. The van der Waals surface area contributed by atoms with Gasteiger partial charge in [-0.2, -0.15) is 0 Å². The predicted molar refractivity (Wildman–Crippen MR) is 203 cm³/mol. The minimum absolute atomic E-state index is 0.116. The normalized spacial score (nSPS) is 43.4. The van der Waals surface area contributed by atoms with E-state index in [2.05, 4.69) is 0 Å². The van der Waals surface area contributed by atoms with Crippen LogP contribution >= 0.6 is 0 Å². The number of esters is 4. The first kappa shape index (κ1) is 43.8. The van der Waals surface area contributed by atoms with Crippen molar-refractivity contribution in [2.45, 2.75) is 225 Å². The molecule has 12 heteroatoms. The molecule has 5 aliphatic heterocycles. The second-order valence-corrected chi connectivity index (χ2v) is 17.2. The molecule has 0 aromatic heterocycles. The molecule has 0 aromatic carbocycles. The maximum atomic E-state index is 13.4. The van der Waals surface area contributed by atoms with Crippen LogP contribution < -0.4 is 0 Å². The zero-order chi connectivity index (χ0) is 39.8. The molecule has 55 heavy (non-hydrogen) atoms. The van der Waals surface area contributed by atoms with Crippen molar-refractivity contribution in [2.24, 2.45) is 23.7 Å². The number of carbonyl (C=O) groups is 4. The predicted octanol–water partition coefficient (Wildman–Crippen LogP) is 7.19. The smallest absolute Gasteiger partial charge is 0.311 e. The van der Waals surface area contributed by atoms with Gasteiger partial charge in [-0.1, -0.05) is 20.8 Å². The molecule has 5 fully saturated rings. The second-order valence-electron chi connectivity index (χ2n) is 17.2. The molecule has 0 saturated carbocycles. The lowest BCUT2D eigenvalue weighted by Crippen LogP contribution is -2.34. The zero-order valence-corrected chi connectivity index (χ0v) is 34.7. The Labute approximate surface area is 329 Å². The fourth-order valence-electron chi connectivity index (χ4n) is 9.02. The average molecular weight is 779 g/mol. The largest absolute Gasteiger partial charge is 0.462 e. The minimum atomic E-state index is -0.435. The van der Waals surface area contributed by atoms with E-state index in [0.717, 1.165) is 51.4 Å². The molecule has 0 spiro atoms. The lowest BCUT2D eigenvalue weighted by atomic mass is 9.99. The van der Waals surface area contributed by atoms with Crippen LogP contribution in [0.15, 0.2) is 0 Å². The molecular formula is C43H70O12. The minimum Gasteiger partial charge on any atom is -0.462 e. The summed E-state index contributed by atoms with van der Waals surface area (Å²) >= 11 is 0. The number of cyclic esters (lactones) is 4. The highest BCUT2D eigenvalue weighted by atomic mass is 16.6. The number of rotatable bonds is 3. The Balaban J connectivity index is 1.23. The number of fused-ring (bicyclic) bond motifs is 8. The van der Waals surface area contributed by atoms with E-state index in [1.807, 2.05) is 55.4 Å². The Morgan fingerprint density at radius 3 is 0.909 bits per heavy atom. The zero-order valence-electron chi connectivity index (χ0n) is 34.7. The highest BCUT2D eigenvalue weighted by Gasteiger charge is 2.41. The van der Waals surface area contributed by atoms with E-state index >= 15 is 0 Å². The Morgan fingerprint density at radius 1 is 0.382 bits per heavy atom. The molecule has 0 aromatic rings. The van der Waals surface area contributed by atoms with Crippen molar-refractivity contribution in [1.29, 1.82) is 0 Å². The van der Waals surface area contributed by atoms with Crippen molar-refractivity contribution in [2.75, 3.05) is 0 Å². The topological polar surface area (TPSA) is 142 Å². The lowest BCUT2D eigenvalue weighted by Gasteiger charge is -2.27. The van der Waals surface area contributed by atoms with Gasteiger partial charge in [0.15, 0.2) is 0 Å². The third-order valence-electron chi connectivity index (χ3n) is 13.0. The Kier molecular flexibility index (Phi) is 16.3. The number of carbonyl (C=O) groups excluding carboxylic acids is 4. The summed E-state index contributed by atoms with van der Waals surface area (Å²) in [7, 11) is 0. The van der Waals surface area contributed by atoms with E-state index in [0.29, 0.717) is 44.9 Å². The van der Waals surface area contributed by atoms with Gasteiger partial charge in [0, 0.05) is 25.7 Å². The van der Waals surface area contributed by atoms with Gasteiger partial charge in [0.2, 0.25) is 0 Å². The summed E-state index contributed by atoms with van der Waals surface area (Å²) in [5.74, 6) is -2.86. The van der Waals surface area contributed by atoms with E-state index in [4.69, 9.17) is 37.9 Å². The summed E-state index contributed by atoms with van der Waals surface area (Å²) < 4.78 is 49.3. The number of hydrogen-bond donors (Lipinski definition) is 0. The molecular weight excluding hydrogens is 708 g/mol. The van der Waals surface area contributed by atoms with Crippen LogP contribution in [0.2, 0.25) is 0 Å². The van der Waals surface area contributed by atoms with Gasteiger partial charge < -0.3 is 37.9 Å². The molecule has 314 valence electrons.